The summed E-state index contributed by atoms with van der Waals surface area (Å²) in [6.45, 7) is 1.79. The van der Waals surface area contributed by atoms with E-state index in [2.05, 4.69) is 32.8 Å². The molecule has 4 aromatic carbocycles. The number of rotatable bonds is 12. The third-order valence-corrected chi connectivity index (χ3v) is 8.40. The van der Waals surface area contributed by atoms with E-state index in [4.69, 9.17) is 4.74 Å². The fraction of sp³-hybridized carbons (Fsp3) is 0.226. The van der Waals surface area contributed by atoms with E-state index in [1.807, 2.05) is 54.6 Å². The Morgan fingerprint density at radius 3 is 2.41 bits per heavy atom. The van der Waals surface area contributed by atoms with Gasteiger partial charge >= 0.3 is 10.2 Å². The molecular weight excluding hydrogens is 540 g/mol. The number of H-pyrrole nitrogens is 1. The fourth-order valence-electron chi connectivity index (χ4n) is 4.72. The number of aliphatic hydroxyl groups excluding tert-OH is 1. The fourth-order valence-corrected chi connectivity index (χ4v) is 5.34. The average molecular weight is 575 g/mol. The predicted octanol–water partition coefficient (Wildman–Crippen LogP) is 4.86. The van der Waals surface area contributed by atoms with Gasteiger partial charge < -0.3 is 19.9 Å². The maximum Gasteiger partial charge on any atom is 0.301 e. The van der Waals surface area contributed by atoms with Gasteiger partial charge in [-0.15, -0.1) is 0 Å². The number of fused-ring (bicyclic) bond motifs is 3. The van der Waals surface area contributed by atoms with Gasteiger partial charge in [-0.1, -0.05) is 54.6 Å². The number of anilines is 1. The Hall–Kier alpha value is -4.09. The highest BCUT2D eigenvalue weighted by molar-refractivity contribution is 7.90. The summed E-state index contributed by atoms with van der Waals surface area (Å²) < 4.78 is 34.0. The first-order valence-corrected chi connectivity index (χ1v) is 14.7. The number of hydrogen-bond donors (Lipinski definition) is 4. The van der Waals surface area contributed by atoms with Gasteiger partial charge in [0.15, 0.2) is 0 Å². The molecule has 0 bridgehead atoms. The smallest absolute Gasteiger partial charge is 0.301 e. The van der Waals surface area contributed by atoms with Crippen LogP contribution in [0, 0.1) is 0 Å². The summed E-state index contributed by atoms with van der Waals surface area (Å²) in [5.41, 5.74) is 3.65. The van der Waals surface area contributed by atoms with E-state index in [0.29, 0.717) is 25.3 Å². The van der Waals surface area contributed by atoms with Crippen molar-refractivity contribution in [2.24, 2.45) is 0 Å². The van der Waals surface area contributed by atoms with Crippen LogP contribution in [0.5, 0.6) is 11.5 Å². The zero-order valence-electron chi connectivity index (χ0n) is 23.0. The summed E-state index contributed by atoms with van der Waals surface area (Å²) in [7, 11) is -1.05. The zero-order valence-corrected chi connectivity index (χ0v) is 23.8. The second kappa shape index (κ2) is 12.2. The highest BCUT2D eigenvalue weighted by Crippen LogP contribution is 2.30. The minimum absolute atomic E-state index is 0.000521. The standard InChI is InChI=1S/C31H34N4O5S/c1-34(2)41(38,39)33-29-18-23(12-15-30(29)36)31(37)21-35(20-22-8-4-3-5-9-22)16-17-40-24-13-14-26-25-10-6-7-11-27(25)32-28(26)19-24/h3-15,18-19,31-33,36-37H,16-17,20-21H2,1-2H3/t31-/m0/s1. The van der Waals surface area contributed by atoms with Crippen molar-refractivity contribution < 1.29 is 23.4 Å². The van der Waals surface area contributed by atoms with Gasteiger partial charge in [0.1, 0.15) is 18.1 Å². The van der Waals surface area contributed by atoms with Crippen LogP contribution in [-0.2, 0) is 16.8 Å². The van der Waals surface area contributed by atoms with E-state index < -0.39 is 16.3 Å². The lowest BCUT2D eigenvalue weighted by atomic mass is 10.1. The van der Waals surface area contributed by atoms with Gasteiger partial charge in [-0.3, -0.25) is 9.62 Å². The van der Waals surface area contributed by atoms with Gasteiger partial charge in [0.2, 0.25) is 0 Å². The molecule has 9 nitrogen and oxygen atoms in total. The van der Waals surface area contributed by atoms with Gasteiger partial charge in [0, 0.05) is 56.1 Å². The molecule has 0 unspecified atom stereocenters. The predicted molar refractivity (Wildman–Crippen MR) is 162 cm³/mol. The second-order valence-corrected chi connectivity index (χ2v) is 12.0. The molecule has 1 atom stereocenters. The molecule has 0 saturated carbocycles. The van der Waals surface area contributed by atoms with E-state index >= 15 is 0 Å². The number of benzene rings is 4. The Balaban J connectivity index is 1.29. The molecule has 1 heterocycles. The summed E-state index contributed by atoms with van der Waals surface area (Å²) in [6.07, 6.45) is -0.940. The van der Waals surface area contributed by atoms with Gasteiger partial charge in [-0.25, -0.2) is 0 Å². The average Bonchev–Trinajstić information content (AvgIpc) is 3.32. The first-order chi connectivity index (χ1) is 19.7. The number of nitrogens with one attached hydrogen (secondary N) is 2. The molecule has 214 valence electrons. The number of ether oxygens (including phenoxy) is 1. The maximum absolute atomic E-state index is 12.3. The Bertz CT molecular complexity index is 1740. The number of nitrogens with zero attached hydrogens (tertiary/aromatic N) is 2. The van der Waals surface area contributed by atoms with Crippen molar-refractivity contribution in [3.8, 4) is 11.5 Å². The van der Waals surface area contributed by atoms with Crippen molar-refractivity contribution in [3.63, 3.8) is 0 Å². The lowest BCUT2D eigenvalue weighted by molar-refractivity contribution is 0.0986. The molecule has 41 heavy (non-hydrogen) atoms. The van der Waals surface area contributed by atoms with Crippen LogP contribution in [0.25, 0.3) is 21.8 Å². The quantitative estimate of drug-likeness (QED) is 0.158. The van der Waals surface area contributed by atoms with Crippen LogP contribution in [0.4, 0.5) is 5.69 Å². The van der Waals surface area contributed by atoms with Gasteiger partial charge in [-0.2, -0.15) is 12.7 Å². The summed E-state index contributed by atoms with van der Waals surface area (Å²) in [5.74, 6) is 0.522. The summed E-state index contributed by atoms with van der Waals surface area (Å²) >= 11 is 0. The molecule has 0 fully saturated rings. The third kappa shape index (κ3) is 6.80. The molecule has 0 spiro atoms. The number of aromatic hydroxyl groups is 1. The zero-order chi connectivity index (χ0) is 29.0. The van der Waals surface area contributed by atoms with Crippen molar-refractivity contribution in [3.05, 3.63) is 102 Å². The van der Waals surface area contributed by atoms with Crippen LogP contribution in [0.15, 0.2) is 91.0 Å². The molecule has 4 N–H and O–H groups in total. The highest BCUT2D eigenvalue weighted by atomic mass is 32.2. The lowest BCUT2D eigenvalue weighted by Gasteiger charge is -2.26. The topological polar surface area (TPSA) is 118 Å². The van der Waals surface area contributed by atoms with Gasteiger partial charge in [0.05, 0.1) is 17.3 Å². The van der Waals surface area contributed by atoms with E-state index in [0.717, 1.165) is 32.0 Å². The van der Waals surface area contributed by atoms with Crippen LogP contribution in [0.1, 0.15) is 17.2 Å². The Labute approximate surface area is 239 Å². The number of phenolic OH excluding ortho intramolecular Hbond substituents is 1. The molecular formula is C31H34N4O5S. The van der Waals surface area contributed by atoms with Crippen LogP contribution >= 0.6 is 0 Å². The Morgan fingerprint density at radius 2 is 1.63 bits per heavy atom. The minimum Gasteiger partial charge on any atom is -0.506 e. The SMILES string of the molecule is CN(C)S(=O)(=O)Nc1cc([C@@H](O)CN(CCOc2ccc3c(c2)[nH]c2ccccc23)Cc2ccccc2)ccc1O. The van der Waals surface area contributed by atoms with Crippen LogP contribution in [-0.4, -0.2) is 66.6 Å². The molecule has 1 aromatic heterocycles. The number of aromatic amines is 1. The molecule has 5 aromatic rings. The summed E-state index contributed by atoms with van der Waals surface area (Å²) in [4.78, 5) is 5.52. The molecule has 0 saturated heterocycles. The van der Waals surface area contributed by atoms with Crippen molar-refractivity contribution in [1.29, 1.82) is 0 Å². The minimum atomic E-state index is -3.83. The Kier molecular flexibility index (Phi) is 8.46. The van der Waals surface area contributed by atoms with E-state index in [-0.39, 0.29) is 18.0 Å². The molecule has 0 aliphatic heterocycles. The molecule has 0 amide bonds. The summed E-state index contributed by atoms with van der Waals surface area (Å²) in [5, 5.41) is 23.7. The van der Waals surface area contributed by atoms with Crippen molar-refractivity contribution in [2.75, 3.05) is 38.5 Å². The number of hydrogen-bond acceptors (Lipinski definition) is 6. The largest absolute Gasteiger partial charge is 0.506 e. The van der Waals surface area contributed by atoms with Gasteiger partial charge in [0.25, 0.3) is 0 Å². The van der Waals surface area contributed by atoms with Crippen LogP contribution in [0.3, 0.4) is 0 Å². The van der Waals surface area contributed by atoms with Crippen LogP contribution < -0.4 is 9.46 Å². The van der Waals surface area contributed by atoms with Crippen LogP contribution in [0.2, 0.25) is 0 Å². The van der Waals surface area contributed by atoms with E-state index in [9.17, 15) is 18.6 Å². The molecule has 10 heteroatoms. The van der Waals surface area contributed by atoms with E-state index in [1.54, 1.807) is 6.07 Å². The first-order valence-electron chi connectivity index (χ1n) is 13.3. The number of aromatic nitrogens is 1. The lowest BCUT2D eigenvalue weighted by Crippen LogP contribution is -2.32. The normalized spacial score (nSPS) is 12.8. The van der Waals surface area contributed by atoms with E-state index in [1.165, 1.54) is 31.6 Å². The second-order valence-electron chi connectivity index (χ2n) is 10.1. The number of para-hydroxylation sites is 1. The molecule has 0 aliphatic carbocycles. The summed E-state index contributed by atoms with van der Waals surface area (Å²) in [6, 6.07) is 28.6. The Morgan fingerprint density at radius 1 is 0.902 bits per heavy atom. The molecule has 0 radical (unpaired) electrons. The number of aliphatic hydroxyl groups is 1. The molecule has 5 rings (SSSR count). The maximum atomic E-state index is 12.3. The van der Waals surface area contributed by atoms with Gasteiger partial charge in [-0.05, 0) is 41.5 Å². The third-order valence-electron chi connectivity index (χ3n) is 6.96. The highest BCUT2D eigenvalue weighted by Gasteiger charge is 2.19. The van der Waals surface area contributed by atoms with Crippen molar-refractivity contribution >= 4 is 37.7 Å². The number of phenols is 1. The van der Waals surface area contributed by atoms with Crippen molar-refractivity contribution in [1.82, 2.24) is 14.2 Å². The monoisotopic (exact) mass is 574 g/mol. The first kappa shape index (κ1) is 28.4. The van der Waals surface area contributed by atoms with Crippen molar-refractivity contribution in [2.45, 2.75) is 12.6 Å². The molecule has 0 aliphatic rings.